The van der Waals surface area contributed by atoms with E-state index in [4.69, 9.17) is 0 Å². The third-order valence-corrected chi connectivity index (χ3v) is 6.87. The predicted molar refractivity (Wildman–Crippen MR) is 132 cm³/mol. The van der Waals surface area contributed by atoms with Crippen molar-refractivity contribution in [3.05, 3.63) is 70.9 Å². The van der Waals surface area contributed by atoms with Gasteiger partial charge in [0.05, 0.1) is 24.1 Å². The number of urea groups is 1. The summed E-state index contributed by atoms with van der Waals surface area (Å²) in [6.07, 6.45) is 3.91. The first kappa shape index (κ1) is 22.0. The van der Waals surface area contributed by atoms with Crippen LogP contribution in [-0.4, -0.2) is 39.2 Å². The Kier molecular flexibility index (Phi) is 5.73. The van der Waals surface area contributed by atoms with Gasteiger partial charge in [0.25, 0.3) is 5.91 Å². The number of hydrogen-bond donors (Lipinski definition) is 2. The topological polar surface area (TPSA) is 82.5 Å². The van der Waals surface area contributed by atoms with Crippen molar-refractivity contribution < 1.29 is 9.59 Å². The Morgan fingerprint density at radius 1 is 1.21 bits per heavy atom. The van der Waals surface area contributed by atoms with Crippen molar-refractivity contribution in [1.29, 1.82) is 0 Å². The van der Waals surface area contributed by atoms with Crippen LogP contribution in [0.25, 0.3) is 0 Å². The molecule has 3 aromatic rings. The van der Waals surface area contributed by atoms with Crippen molar-refractivity contribution >= 4 is 29.1 Å². The number of aryl methyl sites for hydroxylation is 2. The molecule has 2 aliphatic rings. The fraction of sp³-hybridized carbons (Fsp3) is 0.346. The third-order valence-electron chi connectivity index (χ3n) is 6.87. The molecule has 5 rings (SSSR count). The Hall–Kier alpha value is -3.81. The summed E-state index contributed by atoms with van der Waals surface area (Å²) in [5.74, 6) is 0.813. The van der Waals surface area contributed by atoms with E-state index in [1.165, 1.54) is 0 Å². The van der Waals surface area contributed by atoms with Crippen LogP contribution in [0.3, 0.4) is 0 Å². The number of hydrogen-bond acceptors (Lipinski definition) is 4. The lowest BCUT2D eigenvalue weighted by Crippen LogP contribution is -2.41. The van der Waals surface area contributed by atoms with Gasteiger partial charge in [0, 0.05) is 37.3 Å². The van der Waals surface area contributed by atoms with Crippen molar-refractivity contribution in [3.8, 4) is 0 Å². The van der Waals surface area contributed by atoms with Crippen molar-refractivity contribution in [2.45, 2.75) is 45.8 Å². The van der Waals surface area contributed by atoms with Gasteiger partial charge in [-0.25, -0.2) is 4.79 Å². The summed E-state index contributed by atoms with van der Waals surface area (Å²) in [6, 6.07) is 13.8. The molecule has 1 saturated heterocycles. The van der Waals surface area contributed by atoms with Crippen LogP contribution in [0.5, 0.6) is 0 Å². The van der Waals surface area contributed by atoms with Gasteiger partial charge in [-0.1, -0.05) is 18.2 Å². The summed E-state index contributed by atoms with van der Waals surface area (Å²) in [5, 5.41) is 10.8. The monoisotopic (exact) mass is 458 g/mol. The van der Waals surface area contributed by atoms with Crippen LogP contribution in [0.4, 0.5) is 22.0 Å². The number of para-hydroxylation sites is 2. The number of rotatable bonds is 3. The van der Waals surface area contributed by atoms with Crippen molar-refractivity contribution in [2.24, 2.45) is 7.05 Å². The second-order valence-electron chi connectivity index (χ2n) is 9.16. The molecular weight excluding hydrogens is 428 g/mol. The van der Waals surface area contributed by atoms with Crippen molar-refractivity contribution in [2.75, 3.05) is 16.8 Å². The Labute approximate surface area is 199 Å². The summed E-state index contributed by atoms with van der Waals surface area (Å²) in [7, 11) is 1.89. The molecular formula is C26H30N6O2. The second-order valence-corrected chi connectivity index (χ2v) is 9.16. The Balaban J connectivity index is 1.36. The maximum absolute atomic E-state index is 13.7. The number of nitrogens with zero attached hydrogens (tertiary/aromatic N) is 4. The van der Waals surface area contributed by atoms with Crippen molar-refractivity contribution in [1.82, 2.24) is 20.0 Å². The smallest absolute Gasteiger partial charge is 0.317 e. The third kappa shape index (κ3) is 4.00. The van der Waals surface area contributed by atoms with Gasteiger partial charge in [-0.2, -0.15) is 5.10 Å². The molecule has 0 bridgehead atoms. The predicted octanol–water partition coefficient (Wildman–Crippen LogP) is 4.33. The standard InChI is InChI=1S/C26H30N6O2/c1-17-13-19(10-11-20(17)14-27-26(34)31-12-6-7-18(31)2)25(33)32-16-21-15-28-30(3)24(21)29-22-8-4-5-9-23(22)32/h4-5,8-11,13,15,18,29H,6-7,12,14,16H2,1-3H3,(H,27,34). The van der Waals surface area contributed by atoms with Crippen LogP contribution in [0.1, 0.15) is 46.8 Å². The molecule has 0 spiro atoms. The average Bonchev–Trinajstić information content (AvgIpc) is 3.37. The van der Waals surface area contributed by atoms with E-state index in [1.807, 2.05) is 61.3 Å². The Morgan fingerprint density at radius 2 is 2.03 bits per heavy atom. The van der Waals surface area contributed by atoms with E-state index < -0.39 is 0 Å². The molecule has 0 radical (unpaired) electrons. The molecule has 2 N–H and O–H groups in total. The molecule has 8 heteroatoms. The highest BCUT2D eigenvalue weighted by Crippen LogP contribution is 2.36. The van der Waals surface area contributed by atoms with E-state index in [2.05, 4.69) is 22.7 Å². The fourth-order valence-electron chi connectivity index (χ4n) is 4.83. The van der Waals surface area contributed by atoms with Crippen LogP contribution in [0, 0.1) is 6.92 Å². The molecule has 1 unspecified atom stereocenters. The quantitative estimate of drug-likeness (QED) is 0.612. The molecule has 3 amide bonds. The van der Waals surface area contributed by atoms with E-state index in [0.717, 1.165) is 53.3 Å². The first-order valence-electron chi connectivity index (χ1n) is 11.7. The SMILES string of the molecule is Cc1cc(C(=O)N2Cc3cnn(C)c3Nc3ccccc32)ccc1CNC(=O)N1CCCC1C. The summed E-state index contributed by atoms with van der Waals surface area (Å²) >= 11 is 0. The zero-order valence-corrected chi connectivity index (χ0v) is 19.8. The summed E-state index contributed by atoms with van der Waals surface area (Å²) in [6.45, 7) is 5.75. The molecule has 2 aromatic carbocycles. The average molecular weight is 459 g/mol. The van der Waals surface area contributed by atoms with E-state index in [9.17, 15) is 9.59 Å². The van der Waals surface area contributed by atoms with E-state index in [0.29, 0.717) is 18.7 Å². The number of carbonyl (C=O) groups excluding carboxylic acids is 2. The number of benzene rings is 2. The largest absolute Gasteiger partial charge is 0.338 e. The zero-order valence-electron chi connectivity index (χ0n) is 19.8. The van der Waals surface area contributed by atoms with Gasteiger partial charge in [-0.05, 0) is 62.1 Å². The number of likely N-dealkylation sites (tertiary alicyclic amines) is 1. The van der Waals surface area contributed by atoms with Gasteiger partial charge in [0.1, 0.15) is 5.82 Å². The van der Waals surface area contributed by atoms with E-state index in [-0.39, 0.29) is 18.0 Å². The molecule has 0 saturated carbocycles. The molecule has 1 fully saturated rings. The van der Waals surface area contributed by atoms with Crippen molar-refractivity contribution in [3.63, 3.8) is 0 Å². The maximum atomic E-state index is 13.7. The van der Waals surface area contributed by atoms with Gasteiger partial charge in [0.2, 0.25) is 0 Å². The highest BCUT2D eigenvalue weighted by molar-refractivity contribution is 6.08. The lowest BCUT2D eigenvalue weighted by Gasteiger charge is -2.23. The molecule has 1 aromatic heterocycles. The van der Waals surface area contributed by atoms with Gasteiger partial charge in [-0.3, -0.25) is 9.48 Å². The van der Waals surface area contributed by atoms with E-state index in [1.54, 1.807) is 15.8 Å². The lowest BCUT2D eigenvalue weighted by molar-refractivity contribution is 0.0985. The fourth-order valence-corrected chi connectivity index (χ4v) is 4.83. The molecule has 2 aliphatic heterocycles. The summed E-state index contributed by atoms with van der Waals surface area (Å²) in [5.41, 5.74) is 5.25. The molecule has 1 atom stereocenters. The molecule has 0 aliphatic carbocycles. The Bertz CT molecular complexity index is 1250. The number of amides is 3. The normalized spacial score (nSPS) is 17.0. The first-order chi connectivity index (χ1) is 16.4. The molecule has 176 valence electrons. The second kappa shape index (κ2) is 8.85. The number of carbonyl (C=O) groups is 2. The van der Waals surface area contributed by atoms with Gasteiger partial charge < -0.3 is 20.4 Å². The zero-order chi connectivity index (χ0) is 23.8. The van der Waals surface area contributed by atoms with Gasteiger partial charge in [0.15, 0.2) is 0 Å². The minimum Gasteiger partial charge on any atom is -0.338 e. The molecule has 34 heavy (non-hydrogen) atoms. The Morgan fingerprint density at radius 3 is 2.79 bits per heavy atom. The van der Waals surface area contributed by atoms with Crippen LogP contribution in [0.2, 0.25) is 0 Å². The van der Waals surface area contributed by atoms with Crippen LogP contribution >= 0.6 is 0 Å². The molecule has 8 nitrogen and oxygen atoms in total. The van der Waals surface area contributed by atoms with Crippen LogP contribution in [-0.2, 0) is 20.1 Å². The number of fused-ring (bicyclic) bond motifs is 2. The number of aromatic nitrogens is 2. The van der Waals surface area contributed by atoms with Gasteiger partial charge in [-0.15, -0.1) is 0 Å². The maximum Gasteiger partial charge on any atom is 0.317 e. The lowest BCUT2D eigenvalue weighted by atomic mass is 10.0. The number of anilines is 3. The highest BCUT2D eigenvalue weighted by atomic mass is 16.2. The highest BCUT2D eigenvalue weighted by Gasteiger charge is 2.27. The molecule has 3 heterocycles. The minimum atomic E-state index is -0.0736. The number of nitrogens with one attached hydrogen (secondary N) is 2. The van der Waals surface area contributed by atoms with Crippen LogP contribution in [0.15, 0.2) is 48.7 Å². The summed E-state index contributed by atoms with van der Waals surface area (Å²) in [4.78, 5) is 29.9. The van der Waals surface area contributed by atoms with Gasteiger partial charge >= 0.3 is 6.03 Å². The first-order valence-corrected chi connectivity index (χ1v) is 11.7. The minimum absolute atomic E-state index is 0.0227. The van der Waals surface area contributed by atoms with E-state index >= 15 is 0 Å². The van der Waals surface area contributed by atoms with Crippen LogP contribution < -0.4 is 15.5 Å². The summed E-state index contributed by atoms with van der Waals surface area (Å²) < 4.78 is 1.79.